The molecule has 12 heavy (non-hydrogen) atoms. The number of rotatable bonds is 4. The lowest BCUT2D eigenvalue weighted by atomic mass is 9.79. The highest BCUT2D eigenvalue weighted by molar-refractivity contribution is 5.87. The van der Waals surface area contributed by atoms with E-state index in [1.165, 1.54) is 19.3 Å². The highest BCUT2D eigenvalue weighted by atomic mass is 16.1. The molecule has 1 aliphatic carbocycles. The van der Waals surface area contributed by atoms with Crippen molar-refractivity contribution in [3.8, 4) is 0 Å². The summed E-state index contributed by atoms with van der Waals surface area (Å²) in [6.45, 7) is 3.90. The highest BCUT2D eigenvalue weighted by Crippen LogP contribution is 2.30. The third-order valence-corrected chi connectivity index (χ3v) is 3.02. The van der Waals surface area contributed by atoms with Crippen molar-refractivity contribution >= 4 is 5.78 Å². The van der Waals surface area contributed by atoms with Gasteiger partial charge in [0.05, 0.1) is 5.54 Å². The van der Waals surface area contributed by atoms with Gasteiger partial charge < -0.3 is 5.32 Å². The van der Waals surface area contributed by atoms with E-state index in [1.807, 2.05) is 20.9 Å². The average molecular weight is 169 g/mol. The van der Waals surface area contributed by atoms with Gasteiger partial charge in [-0.15, -0.1) is 0 Å². The van der Waals surface area contributed by atoms with E-state index in [4.69, 9.17) is 0 Å². The maximum absolute atomic E-state index is 11.6. The smallest absolute Gasteiger partial charge is 0.152 e. The second-order valence-corrected chi connectivity index (χ2v) is 4.30. The molecule has 2 nitrogen and oxygen atoms in total. The topological polar surface area (TPSA) is 29.1 Å². The van der Waals surface area contributed by atoms with Gasteiger partial charge in [-0.2, -0.15) is 0 Å². The molecular formula is C10H19NO. The van der Waals surface area contributed by atoms with E-state index in [0.717, 1.165) is 6.42 Å². The van der Waals surface area contributed by atoms with Gasteiger partial charge in [-0.3, -0.25) is 4.79 Å². The van der Waals surface area contributed by atoms with Gasteiger partial charge >= 0.3 is 0 Å². The van der Waals surface area contributed by atoms with Crippen LogP contribution in [0.4, 0.5) is 0 Å². The number of carbonyl (C=O) groups is 1. The van der Waals surface area contributed by atoms with E-state index in [9.17, 15) is 4.79 Å². The van der Waals surface area contributed by atoms with Crippen LogP contribution in [0.1, 0.15) is 39.5 Å². The molecule has 0 bridgehead atoms. The molecule has 0 aromatic heterocycles. The molecule has 0 amide bonds. The van der Waals surface area contributed by atoms with Crippen LogP contribution in [0.25, 0.3) is 0 Å². The zero-order valence-corrected chi connectivity index (χ0v) is 8.31. The number of Topliss-reactive ketones (excluding diaryl/α,β-unsaturated/α-hetero) is 1. The number of carbonyl (C=O) groups excluding carboxylic acids is 1. The van der Waals surface area contributed by atoms with Gasteiger partial charge in [0.2, 0.25) is 0 Å². The SMILES string of the molecule is CNC(C)(C)C(=O)CC1CCC1. The number of hydrogen-bond donors (Lipinski definition) is 1. The maximum atomic E-state index is 11.6. The van der Waals surface area contributed by atoms with E-state index in [0.29, 0.717) is 11.7 Å². The van der Waals surface area contributed by atoms with E-state index in [-0.39, 0.29) is 5.54 Å². The lowest BCUT2D eigenvalue weighted by molar-refractivity contribution is -0.125. The summed E-state index contributed by atoms with van der Waals surface area (Å²) in [5.41, 5.74) is -0.324. The zero-order chi connectivity index (χ0) is 9.19. The number of hydrogen-bond acceptors (Lipinski definition) is 2. The highest BCUT2D eigenvalue weighted by Gasteiger charge is 2.29. The molecule has 0 aromatic carbocycles. The first-order valence-electron chi connectivity index (χ1n) is 4.78. The molecule has 0 atom stereocenters. The maximum Gasteiger partial charge on any atom is 0.152 e. The molecule has 0 heterocycles. The Kier molecular flexibility index (Phi) is 2.89. The minimum atomic E-state index is -0.324. The monoisotopic (exact) mass is 169 g/mol. The molecule has 0 aliphatic heterocycles. The summed E-state index contributed by atoms with van der Waals surface area (Å²) in [5.74, 6) is 1.04. The molecule has 1 rings (SSSR count). The van der Waals surface area contributed by atoms with Crippen LogP contribution in [0.5, 0.6) is 0 Å². The third-order valence-electron chi connectivity index (χ3n) is 3.02. The van der Waals surface area contributed by atoms with Gasteiger partial charge in [0.1, 0.15) is 0 Å². The Morgan fingerprint density at radius 3 is 2.42 bits per heavy atom. The fraction of sp³-hybridized carbons (Fsp3) is 0.900. The minimum absolute atomic E-state index is 0.324. The quantitative estimate of drug-likeness (QED) is 0.694. The fourth-order valence-electron chi connectivity index (χ4n) is 1.35. The third kappa shape index (κ3) is 2.07. The van der Waals surface area contributed by atoms with Gasteiger partial charge in [0.25, 0.3) is 0 Å². The van der Waals surface area contributed by atoms with E-state index >= 15 is 0 Å². The van der Waals surface area contributed by atoms with Crippen molar-refractivity contribution in [2.24, 2.45) is 5.92 Å². The summed E-state index contributed by atoms with van der Waals surface area (Å²) in [6.07, 6.45) is 4.60. The molecule has 0 radical (unpaired) electrons. The van der Waals surface area contributed by atoms with Gasteiger partial charge in [0.15, 0.2) is 5.78 Å². The second kappa shape index (κ2) is 3.56. The van der Waals surface area contributed by atoms with Gasteiger partial charge in [-0.05, 0) is 26.8 Å². The molecule has 70 valence electrons. The van der Waals surface area contributed by atoms with Gasteiger partial charge in [-0.1, -0.05) is 19.3 Å². The Morgan fingerprint density at radius 1 is 1.50 bits per heavy atom. The van der Waals surface area contributed by atoms with E-state index < -0.39 is 0 Å². The van der Waals surface area contributed by atoms with Crippen LogP contribution in [0, 0.1) is 5.92 Å². The van der Waals surface area contributed by atoms with E-state index in [2.05, 4.69) is 5.32 Å². The summed E-state index contributed by atoms with van der Waals surface area (Å²) in [6, 6.07) is 0. The van der Waals surface area contributed by atoms with Crippen LogP contribution in [-0.2, 0) is 4.79 Å². The number of nitrogens with one attached hydrogen (secondary N) is 1. The van der Waals surface area contributed by atoms with Crippen molar-refractivity contribution < 1.29 is 4.79 Å². The normalized spacial score (nSPS) is 18.9. The number of ketones is 1. The predicted molar refractivity (Wildman–Crippen MR) is 50.1 cm³/mol. The van der Waals surface area contributed by atoms with Crippen LogP contribution >= 0.6 is 0 Å². The van der Waals surface area contributed by atoms with Crippen molar-refractivity contribution in [2.75, 3.05) is 7.05 Å². The molecule has 1 saturated carbocycles. The van der Waals surface area contributed by atoms with Crippen LogP contribution in [-0.4, -0.2) is 18.4 Å². The van der Waals surface area contributed by atoms with Crippen LogP contribution < -0.4 is 5.32 Å². The Morgan fingerprint density at radius 2 is 2.08 bits per heavy atom. The van der Waals surface area contributed by atoms with Crippen molar-refractivity contribution in [1.82, 2.24) is 5.32 Å². The largest absolute Gasteiger partial charge is 0.308 e. The summed E-state index contributed by atoms with van der Waals surface area (Å²) >= 11 is 0. The fourth-order valence-corrected chi connectivity index (χ4v) is 1.35. The van der Waals surface area contributed by atoms with Crippen LogP contribution in [0.2, 0.25) is 0 Å². The molecule has 0 spiro atoms. The van der Waals surface area contributed by atoms with Crippen molar-refractivity contribution in [2.45, 2.75) is 45.1 Å². The predicted octanol–water partition coefficient (Wildman–Crippen LogP) is 1.74. The first-order chi connectivity index (χ1) is 5.56. The van der Waals surface area contributed by atoms with Crippen LogP contribution in [0.3, 0.4) is 0 Å². The molecule has 0 unspecified atom stereocenters. The Labute approximate surface area is 74.7 Å². The van der Waals surface area contributed by atoms with Crippen LogP contribution in [0.15, 0.2) is 0 Å². The van der Waals surface area contributed by atoms with Crippen molar-refractivity contribution in [3.63, 3.8) is 0 Å². The summed E-state index contributed by atoms with van der Waals surface area (Å²) in [5, 5.41) is 3.05. The Bertz CT molecular complexity index is 171. The van der Waals surface area contributed by atoms with E-state index in [1.54, 1.807) is 0 Å². The van der Waals surface area contributed by atoms with Gasteiger partial charge in [0, 0.05) is 6.42 Å². The molecule has 1 fully saturated rings. The minimum Gasteiger partial charge on any atom is -0.308 e. The molecule has 2 heteroatoms. The van der Waals surface area contributed by atoms with Gasteiger partial charge in [-0.25, -0.2) is 0 Å². The standard InChI is InChI=1S/C10H19NO/c1-10(2,11-3)9(12)7-8-5-4-6-8/h8,11H,4-7H2,1-3H3. The zero-order valence-electron chi connectivity index (χ0n) is 8.31. The molecule has 0 aromatic rings. The Hall–Kier alpha value is -0.370. The summed E-state index contributed by atoms with van der Waals surface area (Å²) in [4.78, 5) is 11.6. The average Bonchev–Trinajstić information content (AvgIpc) is 1.96. The molecule has 1 aliphatic rings. The number of likely N-dealkylation sites (N-methyl/N-ethyl adjacent to an activating group) is 1. The summed E-state index contributed by atoms with van der Waals surface area (Å²) < 4.78 is 0. The first-order valence-corrected chi connectivity index (χ1v) is 4.78. The van der Waals surface area contributed by atoms with Crippen molar-refractivity contribution in [1.29, 1.82) is 0 Å². The summed E-state index contributed by atoms with van der Waals surface area (Å²) in [7, 11) is 1.85. The lowest BCUT2D eigenvalue weighted by Gasteiger charge is -2.29. The Balaban J connectivity index is 2.35. The molecular weight excluding hydrogens is 150 g/mol. The first kappa shape index (κ1) is 9.72. The lowest BCUT2D eigenvalue weighted by Crippen LogP contribution is -2.45. The van der Waals surface area contributed by atoms with Crippen molar-refractivity contribution in [3.05, 3.63) is 0 Å². The molecule has 1 N–H and O–H groups in total. The molecule has 0 saturated heterocycles. The second-order valence-electron chi connectivity index (χ2n) is 4.30.